The number of pyridine rings is 1. The van der Waals surface area contributed by atoms with E-state index >= 15 is 0 Å². The Morgan fingerprint density at radius 1 is 1.63 bits per heavy atom. The molecule has 0 aromatic carbocycles. The molecule has 2 heterocycles. The highest BCUT2D eigenvalue weighted by Crippen LogP contribution is 2.26. The number of nitrogens with zero attached hydrogens (tertiary/aromatic N) is 3. The molecule has 2 atom stereocenters. The van der Waals surface area contributed by atoms with Crippen molar-refractivity contribution in [2.75, 3.05) is 23.4 Å². The lowest BCUT2D eigenvalue weighted by atomic mass is 9.96. The summed E-state index contributed by atoms with van der Waals surface area (Å²) in [5.41, 5.74) is 2.24. The number of anilines is 2. The van der Waals surface area contributed by atoms with Crippen molar-refractivity contribution in [3.63, 3.8) is 0 Å². The Labute approximate surface area is 110 Å². The van der Waals surface area contributed by atoms with Crippen molar-refractivity contribution in [3.8, 4) is 0 Å². The number of hydrogen-bond donors (Lipinski definition) is 3. The summed E-state index contributed by atoms with van der Waals surface area (Å²) in [4.78, 5) is 16.4. The third-order valence-corrected chi connectivity index (χ3v) is 3.40. The Bertz CT molecular complexity index is 481. The van der Waals surface area contributed by atoms with E-state index in [4.69, 9.17) is 5.84 Å². The van der Waals surface area contributed by atoms with Gasteiger partial charge in [-0.2, -0.15) is 0 Å². The summed E-state index contributed by atoms with van der Waals surface area (Å²) in [5.74, 6) is 6.17. The molecule has 1 fully saturated rings. The Kier molecular flexibility index (Phi) is 3.82. The maximum atomic E-state index is 10.9. The van der Waals surface area contributed by atoms with Crippen molar-refractivity contribution in [3.05, 3.63) is 22.2 Å². The quantitative estimate of drug-likeness (QED) is 0.414. The number of nitrogens with one attached hydrogen (secondary N) is 1. The van der Waals surface area contributed by atoms with E-state index in [1.54, 1.807) is 0 Å². The van der Waals surface area contributed by atoms with E-state index in [1.165, 1.54) is 12.1 Å². The molecule has 1 aliphatic rings. The van der Waals surface area contributed by atoms with Gasteiger partial charge in [0.2, 0.25) is 0 Å². The summed E-state index contributed by atoms with van der Waals surface area (Å²) in [7, 11) is 0. The molecule has 4 N–H and O–H groups in total. The van der Waals surface area contributed by atoms with Gasteiger partial charge in [0.1, 0.15) is 11.6 Å². The normalized spacial score (nSPS) is 23.2. The monoisotopic (exact) mass is 267 g/mol. The van der Waals surface area contributed by atoms with Gasteiger partial charge in [0, 0.05) is 13.1 Å². The summed E-state index contributed by atoms with van der Waals surface area (Å²) >= 11 is 0. The van der Waals surface area contributed by atoms with E-state index in [0.29, 0.717) is 18.9 Å². The summed E-state index contributed by atoms with van der Waals surface area (Å²) in [6.07, 6.45) is 0.362. The van der Waals surface area contributed by atoms with Crippen LogP contribution in [0.5, 0.6) is 0 Å². The highest BCUT2D eigenvalue weighted by atomic mass is 16.6. The third kappa shape index (κ3) is 2.91. The zero-order valence-electron chi connectivity index (χ0n) is 10.6. The molecule has 104 valence electrons. The van der Waals surface area contributed by atoms with Crippen LogP contribution in [0.15, 0.2) is 12.1 Å². The number of aliphatic hydroxyl groups excluding tert-OH is 1. The lowest BCUT2D eigenvalue weighted by molar-refractivity contribution is -0.384. The van der Waals surface area contributed by atoms with Gasteiger partial charge in [0.25, 0.3) is 5.69 Å². The van der Waals surface area contributed by atoms with E-state index in [9.17, 15) is 15.2 Å². The van der Waals surface area contributed by atoms with Crippen LogP contribution in [-0.2, 0) is 0 Å². The maximum absolute atomic E-state index is 10.9. The predicted octanol–water partition coefficient (Wildman–Crippen LogP) is 0.482. The minimum atomic E-state index is -0.491. The van der Waals surface area contributed by atoms with Crippen LogP contribution < -0.4 is 16.2 Å². The first kappa shape index (κ1) is 13.5. The van der Waals surface area contributed by atoms with Crippen LogP contribution in [0.3, 0.4) is 0 Å². The number of rotatable bonds is 3. The van der Waals surface area contributed by atoms with Crippen molar-refractivity contribution in [1.29, 1.82) is 0 Å². The predicted molar refractivity (Wildman–Crippen MR) is 70.7 cm³/mol. The van der Waals surface area contributed by atoms with Crippen LogP contribution in [0.2, 0.25) is 0 Å². The lowest BCUT2D eigenvalue weighted by Gasteiger charge is -2.35. The summed E-state index contributed by atoms with van der Waals surface area (Å²) < 4.78 is 0. The smallest absolute Gasteiger partial charge is 0.276 e. The van der Waals surface area contributed by atoms with Crippen molar-refractivity contribution in [1.82, 2.24) is 4.98 Å². The number of nitrogen functional groups attached to an aromatic ring is 1. The zero-order valence-corrected chi connectivity index (χ0v) is 10.6. The van der Waals surface area contributed by atoms with Crippen LogP contribution in [0, 0.1) is 16.0 Å². The summed E-state index contributed by atoms with van der Waals surface area (Å²) in [6.45, 7) is 3.10. The molecule has 1 aliphatic heterocycles. The minimum Gasteiger partial charge on any atom is -0.391 e. The van der Waals surface area contributed by atoms with Gasteiger partial charge < -0.3 is 15.4 Å². The van der Waals surface area contributed by atoms with Gasteiger partial charge in [-0.05, 0) is 12.3 Å². The molecular weight excluding hydrogens is 250 g/mol. The molecule has 1 saturated heterocycles. The van der Waals surface area contributed by atoms with Gasteiger partial charge in [0.15, 0.2) is 0 Å². The lowest BCUT2D eigenvalue weighted by Crippen LogP contribution is -2.43. The number of hydrazine groups is 1. The number of nitro groups is 1. The van der Waals surface area contributed by atoms with Gasteiger partial charge in [-0.3, -0.25) is 10.1 Å². The van der Waals surface area contributed by atoms with E-state index in [-0.39, 0.29) is 17.4 Å². The SMILES string of the molecule is CC1CCN(c2cc([N+](=O)[O-])cc(NN)n2)CC1O. The summed E-state index contributed by atoms with van der Waals surface area (Å²) in [6, 6.07) is 2.66. The van der Waals surface area contributed by atoms with Gasteiger partial charge in [-0.25, -0.2) is 10.8 Å². The second kappa shape index (κ2) is 5.37. The number of aliphatic hydroxyl groups is 1. The molecule has 2 rings (SSSR count). The fourth-order valence-electron chi connectivity index (χ4n) is 2.10. The van der Waals surface area contributed by atoms with E-state index in [0.717, 1.165) is 6.42 Å². The van der Waals surface area contributed by atoms with Crippen LogP contribution >= 0.6 is 0 Å². The number of β-amino-alcohol motifs (C(OH)–C–C–N with tert-alkyl or cyclic N) is 1. The average Bonchev–Trinajstić information content (AvgIpc) is 2.41. The van der Waals surface area contributed by atoms with Crippen LogP contribution in [0.4, 0.5) is 17.3 Å². The second-order valence-corrected chi connectivity index (χ2v) is 4.75. The number of piperidine rings is 1. The minimum absolute atomic E-state index is 0.0777. The average molecular weight is 267 g/mol. The topological polar surface area (TPSA) is 118 Å². The summed E-state index contributed by atoms with van der Waals surface area (Å²) in [5, 5.41) is 20.7. The number of hydrogen-bond acceptors (Lipinski definition) is 7. The zero-order chi connectivity index (χ0) is 14.0. The molecule has 0 saturated carbocycles. The largest absolute Gasteiger partial charge is 0.391 e. The van der Waals surface area contributed by atoms with Gasteiger partial charge in [0.05, 0.1) is 23.2 Å². The molecule has 1 aromatic rings. The van der Waals surface area contributed by atoms with Gasteiger partial charge in [-0.1, -0.05) is 6.92 Å². The van der Waals surface area contributed by atoms with Crippen LogP contribution in [0.25, 0.3) is 0 Å². The number of aromatic nitrogens is 1. The van der Waals surface area contributed by atoms with Crippen molar-refractivity contribution >= 4 is 17.3 Å². The van der Waals surface area contributed by atoms with Gasteiger partial charge in [-0.15, -0.1) is 0 Å². The van der Waals surface area contributed by atoms with E-state index < -0.39 is 11.0 Å². The molecule has 19 heavy (non-hydrogen) atoms. The second-order valence-electron chi connectivity index (χ2n) is 4.75. The molecule has 1 aromatic heterocycles. The molecule has 8 nitrogen and oxygen atoms in total. The highest BCUT2D eigenvalue weighted by molar-refractivity contribution is 5.55. The van der Waals surface area contributed by atoms with Gasteiger partial charge >= 0.3 is 0 Å². The maximum Gasteiger partial charge on any atom is 0.276 e. The van der Waals surface area contributed by atoms with E-state index in [1.807, 2.05) is 11.8 Å². The first-order chi connectivity index (χ1) is 9.01. The molecular formula is C11H17N5O3. The molecule has 0 radical (unpaired) electrons. The Morgan fingerprint density at radius 2 is 2.37 bits per heavy atom. The van der Waals surface area contributed by atoms with Crippen molar-refractivity contribution in [2.24, 2.45) is 11.8 Å². The van der Waals surface area contributed by atoms with E-state index in [2.05, 4.69) is 10.4 Å². The Balaban J connectivity index is 2.28. The molecule has 0 aliphatic carbocycles. The molecule has 0 amide bonds. The van der Waals surface area contributed by atoms with Crippen molar-refractivity contribution < 1.29 is 10.0 Å². The highest BCUT2D eigenvalue weighted by Gasteiger charge is 2.26. The molecule has 8 heteroatoms. The molecule has 2 unspecified atom stereocenters. The fourth-order valence-corrected chi connectivity index (χ4v) is 2.10. The number of nitrogens with two attached hydrogens (primary N) is 1. The molecule has 0 bridgehead atoms. The first-order valence-electron chi connectivity index (χ1n) is 6.07. The van der Waals surface area contributed by atoms with Crippen LogP contribution in [-0.4, -0.2) is 34.2 Å². The fraction of sp³-hybridized carbons (Fsp3) is 0.545. The standard InChI is InChI=1S/C11H17N5O3/c1-7-2-3-15(6-9(7)17)11-5-8(16(18)19)4-10(13-11)14-12/h4-5,7,9,17H,2-3,6,12H2,1H3,(H,13,14). The third-order valence-electron chi connectivity index (χ3n) is 3.40. The first-order valence-corrected chi connectivity index (χ1v) is 6.07. The van der Waals surface area contributed by atoms with Crippen LogP contribution in [0.1, 0.15) is 13.3 Å². The Morgan fingerprint density at radius 3 is 2.95 bits per heavy atom. The molecule has 0 spiro atoms. The Hall–Kier alpha value is -1.93. The van der Waals surface area contributed by atoms with Crippen molar-refractivity contribution in [2.45, 2.75) is 19.4 Å².